The first-order valence-electron chi connectivity index (χ1n) is 17.4. The molecule has 5 heteroatoms. The lowest BCUT2D eigenvalue weighted by atomic mass is 9.64. The van der Waals surface area contributed by atoms with Crippen molar-refractivity contribution in [3.05, 3.63) is 143 Å². The number of aliphatic hydroxyl groups is 1. The van der Waals surface area contributed by atoms with Crippen molar-refractivity contribution in [3.8, 4) is 11.1 Å². The van der Waals surface area contributed by atoms with E-state index in [1.165, 1.54) is 5.57 Å². The summed E-state index contributed by atoms with van der Waals surface area (Å²) < 4.78 is 6.50. The number of allylic oxidation sites excluding steroid dienone is 2. The lowest BCUT2D eigenvalue weighted by Gasteiger charge is -2.43. The molecule has 0 radical (unpaired) electrons. The largest absolute Gasteiger partial charge is 0.440 e. The minimum atomic E-state index is -0.658. The maximum atomic E-state index is 14.5. The van der Waals surface area contributed by atoms with Gasteiger partial charge in [-0.3, -0.25) is 9.69 Å². The third kappa shape index (κ3) is 6.12. The van der Waals surface area contributed by atoms with Gasteiger partial charge in [-0.15, -0.1) is 0 Å². The Morgan fingerprint density at radius 2 is 1.60 bits per heavy atom. The molecule has 4 aromatic rings. The van der Waals surface area contributed by atoms with Crippen molar-refractivity contribution < 1.29 is 19.4 Å². The fourth-order valence-electron chi connectivity index (χ4n) is 8.51. The Morgan fingerprint density at radius 3 is 2.35 bits per heavy atom. The molecule has 4 aliphatic rings. The zero-order chi connectivity index (χ0) is 33.3. The number of hydrogen-bond acceptors (Lipinski definition) is 4. The third-order valence-corrected chi connectivity index (χ3v) is 11.3. The van der Waals surface area contributed by atoms with Crippen LogP contribution in [0, 0.1) is 5.41 Å². The van der Waals surface area contributed by atoms with E-state index in [1.54, 1.807) is 0 Å². The van der Waals surface area contributed by atoms with Crippen LogP contribution < -0.4 is 0 Å². The Labute approximate surface area is 284 Å². The Balaban J connectivity index is 1.28. The summed E-state index contributed by atoms with van der Waals surface area (Å²) in [4.78, 5) is 29.9. The first-order valence-corrected chi connectivity index (χ1v) is 17.4. The molecule has 8 rings (SSSR count). The van der Waals surface area contributed by atoms with E-state index in [2.05, 4.69) is 56.3 Å². The number of amides is 1. The van der Waals surface area contributed by atoms with Gasteiger partial charge in [0.25, 0.3) is 0 Å². The second kappa shape index (κ2) is 13.2. The van der Waals surface area contributed by atoms with Crippen LogP contribution in [0.5, 0.6) is 0 Å². The minimum absolute atomic E-state index is 0.0128. The molecule has 1 saturated carbocycles. The van der Waals surface area contributed by atoms with Crippen LogP contribution in [0.25, 0.3) is 11.1 Å². The van der Waals surface area contributed by atoms with Gasteiger partial charge in [-0.2, -0.15) is 0 Å². The smallest absolute Gasteiger partial charge is 0.410 e. The quantitative estimate of drug-likeness (QED) is 0.175. The van der Waals surface area contributed by atoms with Gasteiger partial charge in [0.2, 0.25) is 0 Å². The van der Waals surface area contributed by atoms with Crippen LogP contribution >= 0.6 is 0 Å². The summed E-state index contributed by atoms with van der Waals surface area (Å²) in [5.74, 6) is 0.00124. The second-order valence-corrected chi connectivity index (χ2v) is 14.4. The predicted octanol–water partition coefficient (Wildman–Crippen LogP) is 9.28. The highest BCUT2D eigenvalue weighted by molar-refractivity contribution is 6.10. The van der Waals surface area contributed by atoms with Crippen molar-refractivity contribution in [3.63, 3.8) is 0 Å². The van der Waals surface area contributed by atoms with Gasteiger partial charge in [0.1, 0.15) is 5.60 Å². The number of carbonyl (C=O) groups is 2. The van der Waals surface area contributed by atoms with E-state index in [1.807, 2.05) is 71.6 Å². The monoisotopic (exact) mass is 639 g/mol. The molecule has 3 aliphatic carbocycles. The third-order valence-electron chi connectivity index (χ3n) is 11.3. The molecule has 4 unspecified atom stereocenters. The zero-order valence-corrected chi connectivity index (χ0v) is 28.0. The van der Waals surface area contributed by atoms with Gasteiger partial charge < -0.3 is 9.84 Å². The number of ether oxygens (including phenoxy) is 1. The fraction of sp³-hybridized carbons (Fsp3) is 0.349. The van der Waals surface area contributed by atoms with Crippen LogP contribution in [0.2, 0.25) is 0 Å². The maximum Gasteiger partial charge on any atom is 0.410 e. The summed E-state index contributed by atoms with van der Waals surface area (Å²) in [6, 6.07) is 34.4. The molecule has 48 heavy (non-hydrogen) atoms. The van der Waals surface area contributed by atoms with Gasteiger partial charge >= 0.3 is 6.09 Å². The van der Waals surface area contributed by atoms with Crippen LogP contribution in [0.1, 0.15) is 90.9 Å². The van der Waals surface area contributed by atoms with Crippen LogP contribution in [0.4, 0.5) is 4.79 Å². The SMILES string of the molecule is CC1=CCCC2(C)C(CCC23CN(Cc2ccccc2)C(=O)O3)c2ccc(cc2C(=O)c2ccc(-c3ccccc3)cc2)CC(O)CC1. The standard InChI is InChI=1S/C43H45NO4/c1-30-10-9-24-42(2)39(23-25-43(42)29-44(41(47)48-43)28-31-11-5-3-6-12-31)37-22-16-32(26-36(45)21-15-30)27-38(37)40(46)35-19-17-34(18-20-35)33-13-7-4-8-14-33/h3-8,10-14,16-20,22,27,36,39,45H,9,15,21,23-26,28-29H2,1-2H3. The highest BCUT2D eigenvalue weighted by Gasteiger charge is 2.63. The van der Waals surface area contributed by atoms with E-state index < -0.39 is 17.1 Å². The van der Waals surface area contributed by atoms with Gasteiger partial charge in [0, 0.05) is 23.1 Å². The lowest BCUT2D eigenvalue weighted by molar-refractivity contribution is -0.0373. The molecule has 1 heterocycles. The van der Waals surface area contributed by atoms with E-state index in [4.69, 9.17) is 4.74 Å². The zero-order valence-electron chi connectivity index (χ0n) is 28.0. The number of aliphatic hydroxyl groups excluding tert-OH is 1. The Morgan fingerprint density at radius 1 is 0.896 bits per heavy atom. The Kier molecular flexibility index (Phi) is 8.82. The van der Waals surface area contributed by atoms with Crippen LogP contribution in [-0.2, 0) is 17.7 Å². The van der Waals surface area contributed by atoms with Gasteiger partial charge in [-0.05, 0) is 91.7 Å². The summed E-state index contributed by atoms with van der Waals surface area (Å²) in [5, 5.41) is 11.0. The van der Waals surface area contributed by atoms with Crippen LogP contribution in [-0.4, -0.2) is 40.1 Å². The van der Waals surface area contributed by atoms with Gasteiger partial charge in [0.05, 0.1) is 12.6 Å². The Hall–Kier alpha value is -4.48. The summed E-state index contributed by atoms with van der Waals surface area (Å²) in [5.41, 5.74) is 6.78. The molecule has 5 nitrogen and oxygen atoms in total. The van der Waals surface area contributed by atoms with E-state index in [0.717, 1.165) is 59.9 Å². The van der Waals surface area contributed by atoms with E-state index in [0.29, 0.717) is 37.1 Å². The number of hydrogen-bond donors (Lipinski definition) is 1. The number of nitrogens with zero attached hydrogens (tertiary/aromatic N) is 1. The molecule has 1 spiro atoms. The van der Waals surface area contributed by atoms with Crippen molar-refractivity contribution in [1.29, 1.82) is 0 Å². The molecule has 4 aromatic carbocycles. The molecule has 2 bridgehead atoms. The van der Waals surface area contributed by atoms with Gasteiger partial charge in [-0.1, -0.05) is 116 Å². The van der Waals surface area contributed by atoms with Crippen molar-refractivity contribution in [1.82, 2.24) is 4.90 Å². The topological polar surface area (TPSA) is 66.8 Å². The fourth-order valence-corrected chi connectivity index (χ4v) is 8.51. The predicted molar refractivity (Wildman–Crippen MR) is 190 cm³/mol. The molecule has 4 atom stereocenters. The number of benzene rings is 4. The van der Waals surface area contributed by atoms with Crippen molar-refractivity contribution in [2.75, 3.05) is 6.54 Å². The molecule has 0 aromatic heterocycles. The molecule has 1 amide bonds. The molecular weight excluding hydrogens is 594 g/mol. The first kappa shape index (κ1) is 32.1. The summed E-state index contributed by atoms with van der Waals surface area (Å²) in [7, 11) is 0. The molecule has 2 fully saturated rings. The minimum Gasteiger partial charge on any atom is -0.440 e. The van der Waals surface area contributed by atoms with Gasteiger partial charge in [-0.25, -0.2) is 4.79 Å². The summed E-state index contributed by atoms with van der Waals surface area (Å²) >= 11 is 0. The number of carbonyl (C=O) groups excluding carboxylic acids is 2. The molecule has 1 N–H and O–H groups in total. The number of fused-ring (bicyclic) bond motifs is 8. The van der Waals surface area contributed by atoms with Gasteiger partial charge in [0.15, 0.2) is 5.78 Å². The van der Waals surface area contributed by atoms with Crippen LogP contribution in [0.15, 0.2) is 115 Å². The molecule has 246 valence electrons. The van der Waals surface area contributed by atoms with Crippen molar-refractivity contribution in [2.45, 2.75) is 83.0 Å². The highest BCUT2D eigenvalue weighted by atomic mass is 16.6. The molecular formula is C43H45NO4. The normalized spacial score (nSPS) is 25.8. The Bertz CT molecular complexity index is 1820. The first-order chi connectivity index (χ1) is 23.2. The molecule has 1 aliphatic heterocycles. The molecule has 1 saturated heterocycles. The van der Waals surface area contributed by atoms with E-state index >= 15 is 0 Å². The lowest BCUT2D eigenvalue weighted by Crippen LogP contribution is -2.48. The average Bonchev–Trinajstić information content (AvgIpc) is 3.57. The van der Waals surface area contributed by atoms with E-state index in [9.17, 15) is 14.7 Å². The summed E-state index contributed by atoms with van der Waals surface area (Å²) in [6.45, 7) is 5.49. The highest BCUT2D eigenvalue weighted by Crippen LogP contribution is 2.61. The number of rotatable bonds is 5. The number of ketones is 1. The summed E-state index contributed by atoms with van der Waals surface area (Å²) in [6.07, 6.45) is 6.78. The van der Waals surface area contributed by atoms with Crippen molar-refractivity contribution >= 4 is 11.9 Å². The van der Waals surface area contributed by atoms with E-state index in [-0.39, 0.29) is 17.8 Å². The average molecular weight is 640 g/mol. The van der Waals surface area contributed by atoms with Crippen molar-refractivity contribution in [2.24, 2.45) is 5.41 Å². The maximum absolute atomic E-state index is 14.5. The second-order valence-electron chi connectivity index (χ2n) is 14.4. The van der Waals surface area contributed by atoms with Crippen LogP contribution in [0.3, 0.4) is 0 Å².